The van der Waals surface area contributed by atoms with E-state index >= 15 is 0 Å². The predicted molar refractivity (Wildman–Crippen MR) is 76.7 cm³/mol. The van der Waals surface area contributed by atoms with Crippen LogP contribution >= 0.6 is 11.6 Å². The average molecular weight is 268 g/mol. The standard InChI is InChI=1S/C15H22ClNO/c1-9-10(2)15(18)14(16)11(3)13(9)8-12-6-4-5-7-17-12/h12,17-18H,4-8H2,1-3H3. The zero-order valence-corrected chi connectivity index (χ0v) is 12.2. The quantitative estimate of drug-likeness (QED) is 0.857. The molecule has 0 bridgehead atoms. The summed E-state index contributed by atoms with van der Waals surface area (Å²) >= 11 is 6.21. The number of phenolic OH excluding ortho intramolecular Hbond substituents is 1. The second-order valence-electron chi connectivity index (χ2n) is 5.37. The van der Waals surface area contributed by atoms with Crippen molar-refractivity contribution in [1.82, 2.24) is 5.32 Å². The first-order valence-electron chi connectivity index (χ1n) is 6.72. The molecule has 18 heavy (non-hydrogen) atoms. The summed E-state index contributed by atoms with van der Waals surface area (Å²) in [7, 11) is 0. The van der Waals surface area contributed by atoms with Crippen LogP contribution in [0.25, 0.3) is 0 Å². The van der Waals surface area contributed by atoms with E-state index < -0.39 is 0 Å². The second kappa shape index (κ2) is 5.50. The lowest BCUT2D eigenvalue weighted by atomic mass is 9.90. The van der Waals surface area contributed by atoms with Gasteiger partial charge in [0.2, 0.25) is 0 Å². The van der Waals surface area contributed by atoms with Crippen LogP contribution in [0.5, 0.6) is 5.75 Å². The van der Waals surface area contributed by atoms with Crippen LogP contribution in [-0.4, -0.2) is 17.7 Å². The fourth-order valence-electron chi connectivity index (χ4n) is 2.81. The Kier molecular flexibility index (Phi) is 4.18. The highest BCUT2D eigenvalue weighted by atomic mass is 35.5. The number of hydrogen-bond donors (Lipinski definition) is 2. The number of rotatable bonds is 2. The molecule has 1 heterocycles. The van der Waals surface area contributed by atoms with Gasteiger partial charge in [-0.25, -0.2) is 0 Å². The fraction of sp³-hybridized carbons (Fsp3) is 0.600. The minimum absolute atomic E-state index is 0.243. The van der Waals surface area contributed by atoms with Gasteiger partial charge in [0.1, 0.15) is 5.75 Å². The molecule has 2 N–H and O–H groups in total. The summed E-state index contributed by atoms with van der Waals surface area (Å²) < 4.78 is 0. The first-order valence-corrected chi connectivity index (χ1v) is 7.10. The molecule has 0 amide bonds. The number of phenols is 1. The van der Waals surface area contributed by atoms with Crippen molar-refractivity contribution in [2.24, 2.45) is 0 Å². The van der Waals surface area contributed by atoms with Crippen LogP contribution in [-0.2, 0) is 6.42 Å². The van der Waals surface area contributed by atoms with Gasteiger partial charge in [-0.3, -0.25) is 0 Å². The second-order valence-corrected chi connectivity index (χ2v) is 5.75. The molecule has 0 aromatic heterocycles. The lowest BCUT2D eigenvalue weighted by Crippen LogP contribution is -2.36. The molecule has 0 aliphatic carbocycles. The Morgan fingerprint density at radius 1 is 1.17 bits per heavy atom. The van der Waals surface area contributed by atoms with Crippen LogP contribution in [0.4, 0.5) is 0 Å². The Labute approximate surface area is 114 Å². The van der Waals surface area contributed by atoms with Crippen LogP contribution in [0.3, 0.4) is 0 Å². The van der Waals surface area contributed by atoms with E-state index in [4.69, 9.17) is 11.6 Å². The topological polar surface area (TPSA) is 32.3 Å². The summed E-state index contributed by atoms with van der Waals surface area (Å²) in [6, 6.07) is 0.552. The lowest BCUT2D eigenvalue weighted by Gasteiger charge is -2.26. The zero-order chi connectivity index (χ0) is 13.3. The van der Waals surface area contributed by atoms with Crippen LogP contribution in [0.1, 0.15) is 41.5 Å². The lowest BCUT2D eigenvalue weighted by molar-refractivity contribution is 0.398. The van der Waals surface area contributed by atoms with Crippen molar-refractivity contribution in [2.45, 2.75) is 52.5 Å². The number of nitrogens with one attached hydrogen (secondary N) is 1. The summed E-state index contributed by atoms with van der Waals surface area (Å²) in [6.45, 7) is 7.14. The third kappa shape index (κ3) is 2.50. The maximum atomic E-state index is 9.95. The van der Waals surface area contributed by atoms with Crippen molar-refractivity contribution < 1.29 is 5.11 Å². The van der Waals surface area contributed by atoms with E-state index in [2.05, 4.69) is 12.2 Å². The highest BCUT2D eigenvalue weighted by molar-refractivity contribution is 6.33. The van der Waals surface area contributed by atoms with Gasteiger partial charge in [-0.2, -0.15) is 0 Å². The first kappa shape index (κ1) is 13.7. The molecule has 1 aromatic rings. The largest absolute Gasteiger partial charge is 0.506 e. The molecule has 1 saturated heterocycles. The van der Waals surface area contributed by atoms with Gasteiger partial charge in [0.15, 0.2) is 0 Å². The summed E-state index contributed by atoms with van der Waals surface area (Å²) in [6.07, 6.45) is 4.83. The van der Waals surface area contributed by atoms with Crippen LogP contribution in [0.15, 0.2) is 0 Å². The predicted octanol–water partition coefficient (Wildman–Crippen LogP) is 3.66. The minimum atomic E-state index is 0.243. The molecular formula is C15H22ClNO. The molecule has 2 rings (SSSR count). The van der Waals surface area contributed by atoms with Crippen molar-refractivity contribution in [3.05, 3.63) is 27.3 Å². The molecule has 0 spiro atoms. The zero-order valence-electron chi connectivity index (χ0n) is 11.4. The van der Waals surface area contributed by atoms with Gasteiger partial charge in [-0.1, -0.05) is 18.0 Å². The third-order valence-electron chi connectivity index (χ3n) is 4.22. The molecule has 1 unspecified atom stereocenters. The summed E-state index contributed by atoms with van der Waals surface area (Å²) in [5.74, 6) is 0.243. The van der Waals surface area contributed by atoms with Gasteiger partial charge >= 0.3 is 0 Å². The number of benzene rings is 1. The van der Waals surface area contributed by atoms with E-state index in [1.54, 1.807) is 0 Å². The number of piperidine rings is 1. The maximum Gasteiger partial charge on any atom is 0.137 e. The van der Waals surface area contributed by atoms with Crippen molar-refractivity contribution in [1.29, 1.82) is 0 Å². The Morgan fingerprint density at radius 2 is 1.89 bits per heavy atom. The normalized spacial score (nSPS) is 20.1. The van der Waals surface area contributed by atoms with Gasteiger partial charge in [-0.15, -0.1) is 0 Å². The van der Waals surface area contributed by atoms with E-state index in [0.717, 1.165) is 24.1 Å². The molecule has 3 heteroatoms. The molecule has 1 atom stereocenters. The highest BCUT2D eigenvalue weighted by Gasteiger charge is 2.19. The Morgan fingerprint density at radius 3 is 2.50 bits per heavy atom. The molecule has 1 aromatic carbocycles. The maximum absolute atomic E-state index is 9.95. The Hall–Kier alpha value is -0.730. The van der Waals surface area contributed by atoms with E-state index in [-0.39, 0.29) is 5.75 Å². The number of halogens is 1. The molecule has 100 valence electrons. The van der Waals surface area contributed by atoms with Crippen molar-refractivity contribution >= 4 is 11.6 Å². The Bertz CT molecular complexity index is 421. The summed E-state index contributed by atoms with van der Waals surface area (Å²) in [5.41, 5.74) is 4.43. The molecule has 1 aliphatic rings. The summed E-state index contributed by atoms with van der Waals surface area (Å²) in [5, 5.41) is 14.0. The van der Waals surface area contributed by atoms with E-state index in [0.29, 0.717) is 11.1 Å². The van der Waals surface area contributed by atoms with Gasteiger partial charge in [0, 0.05) is 6.04 Å². The van der Waals surface area contributed by atoms with E-state index in [9.17, 15) is 5.11 Å². The summed E-state index contributed by atoms with van der Waals surface area (Å²) in [4.78, 5) is 0. The van der Waals surface area contributed by atoms with Gasteiger partial charge < -0.3 is 10.4 Å². The van der Waals surface area contributed by atoms with Gasteiger partial charge in [0.05, 0.1) is 5.02 Å². The molecule has 0 saturated carbocycles. The van der Waals surface area contributed by atoms with Crippen molar-refractivity contribution in [3.63, 3.8) is 0 Å². The molecule has 0 radical (unpaired) electrons. The molecular weight excluding hydrogens is 246 g/mol. The fourth-order valence-corrected chi connectivity index (χ4v) is 3.07. The monoisotopic (exact) mass is 267 g/mol. The van der Waals surface area contributed by atoms with E-state index in [1.807, 2.05) is 13.8 Å². The van der Waals surface area contributed by atoms with Crippen LogP contribution in [0, 0.1) is 20.8 Å². The third-order valence-corrected chi connectivity index (χ3v) is 4.69. The van der Waals surface area contributed by atoms with Gasteiger partial charge in [0.25, 0.3) is 0 Å². The Balaban J connectivity index is 2.32. The molecule has 2 nitrogen and oxygen atoms in total. The van der Waals surface area contributed by atoms with Crippen LogP contribution in [0.2, 0.25) is 5.02 Å². The highest BCUT2D eigenvalue weighted by Crippen LogP contribution is 2.36. The SMILES string of the molecule is Cc1c(C)c(CC2CCCCN2)c(C)c(Cl)c1O. The first-order chi connectivity index (χ1) is 8.52. The number of aromatic hydroxyl groups is 1. The van der Waals surface area contributed by atoms with Gasteiger partial charge in [-0.05, 0) is 68.8 Å². The van der Waals surface area contributed by atoms with Crippen molar-refractivity contribution in [3.8, 4) is 5.75 Å². The smallest absolute Gasteiger partial charge is 0.137 e. The average Bonchev–Trinajstić information content (AvgIpc) is 2.40. The van der Waals surface area contributed by atoms with E-state index in [1.165, 1.54) is 30.4 Å². The van der Waals surface area contributed by atoms with Crippen molar-refractivity contribution in [2.75, 3.05) is 6.54 Å². The van der Waals surface area contributed by atoms with Crippen LogP contribution < -0.4 is 5.32 Å². The number of hydrogen-bond acceptors (Lipinski definition) is 2. The molecule has 1 aliphatic heterocycles. The minimum Gasteiger partial charge on any atom is -0.506 e. The molecule has 1 fully saturated rings.